The van der Waals surface area contributed by atoms with E-state index in [0.717, 1.165) is 12.8 Å². The molecule has 0 aliphatic carbocycles. The standard InChI is InChI=1S/C15H15FN2O3/c16-10-4-5-11-9(7-10)8-12(17-11)14(19)18-6-2-1-3-13(18)15(20)21/h4-5,7-8,13,17H,1-3,6H2,(H,20,21)/t13-/m1/s1. The van der Waals surface area contributed by atoms with Crippen molar-refractivity contribution in [1.82, 2.24) is 9.88 Å². The van der Waals surface area contributed by atoms with Gasteiger partial charge in [-0.3, -0.25) is 4.79 Å². The highest BCUT2D eigenvalue weighted by molar-refractivity contribution is 5.99. The number of likely N-dealkylation sites (tertiary alicyclic amines) is 1. The third kappa shape index (κ3) is 2.49. The Balaban J connectivity index is 1.93. The summed E-state index contributed by atoms with van der Waals surface area (Å²) in [6, 6.07) is 5.00. The average Bonchev–Trinajstić information content (AvgIpc) is 2.89. The first kappa shape index (κ1) is 13.6. The van der Waals surface area contributed by atoms with Crippen LogP contribution >= 0.6 is 0 Å². The van der Waals surface area contributed by atoms with Crippen LogP contribution in [-0.4, -0.2) is 39.5 Å². The average molecular weight is 290 g/mol. The van der Waals surface area contributed by atoms with E-state index in [1.807, 2.05) is 0 Å². The number of amides is 1. The van der Waals surface area contributed by atoms with Gasteiger partial charge in [0.1, 0.15) is 17.6 Å². The fraction of sp³-hybridized carbons (Fsp3) is 0.333. The lowest BCUT2D eigenvalue weighted by molar-refractivity contribution is -0.143. The molecule has 0 radical (unpaired) electrons. The lowest BCUT2D eigenvalue weighted by Gasteiger charge is -2.32. The first-order valence-electron chi connectivity index (χ1n) is 6.88. The maximum absolute atomic E-state index is 13.2. The summed E-state index contributed by atoms with van der Waals surface area (Å²) in [5.74, 6) is -1.70. The lowest BCUT2D eigenvalue weighted by Crippen LogP contribution is -2.48. The van der Waals surface area contributed by atoms with Gasteiger partial charge in [-0.2, -0.15) is 0 Å². The molecular formula is C15H15FN2O3. The number of nitrogens with one attached hydrogen (secondary N) is 1. The minimum Gasteiger partial charge on any atom is -0.480 e. The Hall–Kier alpha value is -2.37. The molecule has 1 fully saturated rings. The summed E-state index contributed by atoms with van der Waals surface area (Å²) >= 11 is 0. The summed E-state index contributed by atoms with van der Waals surface area (Å²) in [5, 5.41) is 9.83. The van der Waals surface area contributed by atoms with Crippen molar-refractivity contribution in [2.75, 3.05) is 6.54 Å². The largest absolute Gasteiger partial charge is 0.480 e. The minimum atomic E-state index is -0.981. The van der Waals surface area contributed by atoms with Crippen molar-refractivity contribution in [3.05, 3.63) is 35.8 Å². The predicted octanol–water partition coefficient (Wildman–Crippen LogP) is 2.39. The van der Waals surface area contributed by atoms with Gasteiger partial charge in [0, 0.05) is 17.4 Å². The molecule has 2 N–H and O–H groups in total. The fourth-order valence-electron chi connectivity index (χ4n) is 2.80. The minimum absolute atomic E-state index is 0.295. The lowest BCUT2D eigenvalue weighted by atomic mass is 10.0. The van der Waals surface area contributed by atoms with Crippen LogP contribution in [0.15, 0.2) is 24.3 Å². The Morgan fingerprint density at radius 2 is 2.10 bits per heavy atom. The first-order valence-corrected chi connectivity index (χ1v) is 6.88. The number of carboxylic acid groups (broad SMARTS) is 1. The molecule has 1 aliphatic rings. The van der Waals surface area contributed by atoms with Crippen molar-refractivity contribution in [3.63, 3.8) is 0 Å². The Labute approximate surface area is 120 Å². The van der Waals surface area contributed by atoms with Crippen molar-refractivity contribution < 1.29 is 19.1 Å². The van der Waals surface area contributed by atoms with E-state index in [1.54, 1.807) is 12.1 Å². The molecule has 0 saturated carbocycles. The van der Waals surface area contributed by atoms with Gasteiger partial charge in [-0.1, -0.05) is 0 Å². The third-order valence-corrected chi connectivity index (χ3v) is 3.86. The van der Waals surface area contributed by atoms with Gasteiger partial charge >= 0.3 is 5.97 Å². The molecule has 3 rings (SSSR count). The van der Waals surface area contributed by atoms with Crippen LogP contribution in [0.25, 0.3) is 10.9 Å². The first-order chi connectivity index (χ1) is 10.1. The van der Waals surface area contributed by atoms with Crippen molar-refractivity contribution in [1.29, 1.82) is 0 Å². The molecule has 2 aromatic rings. The number of H-pyrrole nitrogens is 1. The molecule has 1 aromatic heterocycles. The summed E-state index contributed by atoms with van der Waals surface area (Å²) in [6.45, 7) is 0.430. The number of hydrogen-bond acceptors (Lipinski definition) is 2. The molecule has 1 atom stereocenters. The second-order valence-electron chi connectivity index (χ2n) is 5.26. The van der Waals surface area contributed by atoms with Crippen LogP contribution in [0.4, 0.5) is 4.39 Å². The summed E-state index contributed by atoms with van der Waals surface area (Å²) in [4.78, 5) is 28.1. The van der Waals surface area contributed by atoms with Crippen molar-refractivity contribution >= 4 is 22.8 Å². The molecule has 21 heavy (non-hydrogen) atoms. The van der Waals surface area contributed by atoms with Gasteiger partial charge in [-0.25, -0.2) is 9.18 Å². The van der Waals surface area contributed by atoms with Gasteiger partial charge in [0.15, 0.2) is 0 Å². The number of carbonyl (C=O) groups is 2. The monoisotopic (exact) mass is 290 g/mol. The number of carbonyl (C=O) groups excluding carboxylic acids is 1. The molecule has 0 unspecified atom stereocenters. The zero-order valence-corrected chi connectivity index (χ0v) is 11.3. The molecule has 1 saturated heterocycles. The van der Waals surface area contributed by atoms with Gasteiger partial charge < -0.3 is 15.0 Å². The molecule has 6 heteroatoms. The molecule has 110 valence electrons. The molecule has 1 aromatic carbocycles. The number of aliphatic carboxylic acids is 1. The molecular weight excluding hydrogens is 275 g/mol. The third-order valence-electron chi connectivity index (χ3n) is 3.86. The molecule has 0 spiro atoms. The van der Waals surface area contributed by atoms with Gasteiger partial charge in [-0.15, -0.1) is 0 Å². The zero-order valence-electron chi connectivity index (χ0n) is 11.3. The van der Waals surface area contributed by atoms with Crippen LogP contribution in [0.1, 0.15) is 29.8 Å². The van der Waals surface area contributed by atoms with Gasteiger partial charge in [0.25, 0.3) is 5.91 Å². The molecule has 1 amide bonds. The normalized spacial score (nSPS) is 18.9. The number of piperidine rings is 1. The van der Waals surface area contributed by atoms with Crippen molar-refractivity contribution in [2.24, 2.45) is 0 Å². The Morgan fingerprint density at radius 1 is 1.29 bits per heavy atom. The van der Waals surface area contributed by atoms with Gasteiger partial charge in [0.05, 0.1) is 0 Å². The quantitative estimate of drug-likeness (QED) is 0.892. The van der Waals surface area contributed by atoms with E-state index in [9.17, 15) is 19.1 Å². The summed E-state index contributed by atoms with van der Waals surface area (Å²) < 4.78 is 13.2. The number of aromatic amines is 1. The topological polar surface area (TPSA) is 73.4 Å². The number of rotatable bonds is 2. The predicted molar refractivity (Wildman–Crippen MR) is 74.6 cm³/mol. The zero-order chi connectivity index (χ0) is 15.0. The molecule has 1 aliphatic heterocycles. The van der Waals surface area contributed by atoms with Crippen LogP contribution < -0.4 is 0 Å². The highest BCUT2D eigenvalue weighted by Crippen LogP contribution is 2.22. The second kappa shape index (κ2) is 5.20. The highest BCUT2D eigenvalue weighted by Gasteiger charge is 2.33. The van der Waals surface area contributed by atoms with E-state index >= 15 is 0 Å². The number of benzene rings is 1. The maximum Gasteiger partial charge on any atom is 0.326 e. The summed E-state index contributed by atoms with van der Waals surface area (Å²) in [5.41, 5.74) is 0.951. The second-order valence-corrected chi connectivity index (χ2v) is 5.26. The Kier molecular flexibility index (Phi) is 3.37. The van der Waals surface area contributed by atoms with Crippen molar-refractivity contribution in [2.45, 2.75) is 25.3 Å². The van der Waals surface area contributed by atoms with E-state index < -0.39 is 12.0 Å². The number of fused-ring (bicyclic) bond motifs is 1. The van der Waals surface area contributed by atoms with Gasteiger partial charge in [0.2, 0.25) is 0 Å². The fourth-order valence-corrected chi connectivity index (χ4v) is 2.80. The Morgan fingerprint density at radius 3 is 2.86 bits per heavy atom. The summed E-state index contributed by atoms with van der Waals surface area (Å²) in [7, 11) is 0. The van der Waals surface area contributed by atoms with Crippen molar-refractivity contribution in [3.8, 4) is 0 Å². The molecule has 0 bridgehead atoms. The Bertz CT molecular complexity index is 710. The number of aromatic nitrogens is 1. The smallest absolute Gasteiger partial charge is 0.326 e. The highest BCUT2D eigenvalue weighted by atomic mass is 19.1. The number of halogens is 1. The maximum atomic E-state index is 13.2. The number of carboxylic acids is 1. The number of hydrogen-bond donors (Lipinski definition) is 2. The van der Waals surface area contributed by atoms with E-state index in [1.165, 1.54) is 17.0 Å². The number of nitrogens with zero attached hydrogens (tertiary/aromatic N) is 1. The molecule has 5 nitrogen and oxygen atoms in total. The van der Waals surface area contributed by atoms with E-state index in [0.29, 0.717) is 29.6 Å². The SMILES string of the molecule is O=C(O)[C@H]1CCCCN1C(=O)c1cc2cc(F)ccc2[nH]1. The van der Waals surface area contributed by atoms with Crippen LogP contribution in [0.3, 0.4) is 0 Å². The van der Waals surface area contributed by atoms with E-state index in [4.69, 9.17) is 0 Å². The summed E-state index contributed by atoms with van der Waals surface area (Å²) in [6.07, 6.45) is 2.07. The van der Waals surface area contributed by atoms with E-state index in [-0.39, 0.29) is 11.7 Å². The van der Waals surface area contributed by atoms with Crippen LogP contribution in [0.5, 0.6) is 0 Å². The van der Waals surface area contributed by atoms with Crippen LogP contribution in [0.2, 0.25) is 0 Å². The van der Waals surface area contributed by atoms with E-state index in [2.05, 4.69) is 4.98 Å². The molecule has 2 heterocycles. The van der Waals surface area contributed by atoms with Crippen LogP contribution in [0, 0.1) is 5.82 Å². The van der Waals surface area contributed by atoms with Crippen LogP contribution in [-0.2, 0) is 4.79 Å². The van der Waals surface area contributed by atoms with Gasteiger partial charge in [-0.05, 0) is 43.5 Å².